The molecule has 1 fully saturated rings. The van der Waals surface area contributed by atoms with Crippen molar-refractivity contribution in [3.63, 3.8) is 0 Å². The summed E-state index contributed by atoms with van der Waals surface area (Å²) in [4.78, 5) is 13.6. The van der Waals surface area contributed by atoms with Gasteiger partial charge in [-0.3, -0.25) is 4.79 Å². The predicted octanol–water partition coefficient (Wildman–Crippen LogP) is 2.85. The Balaban J connectivity index is 1.86. The number of carbonyl (C=O) groups is 1. The second kappa shape index (κ2) is 8.32. The Morgan fingerprint density at radius 3 is 2.46 bits per heavy atom. The monoisotopic (exact) mass is 402 g/mol. The predicted molar refractivity (Wildman–Crippen MR) is 108 cm³/mol. The number of rotatable bonds is 6. The highest BCUT2D eigenvalue weighted by atomic mass is 32.2. The molecule has 0 N–H and O–H groups in total. The number of hydrogen-bond acceptors (Lipinski definition) is 4. The maximum Gasteiger partial charge on any atom is 0.243 e. The van der Waals surface area contributed by atoms with Crippen LogP contribution in [0.15, 0.2) is 53.4 Å². The first-order valence-electron chi connectivity index (χ1n) is 9.28. The molecule has 0 bridgehead atoms. The first-order chi connectivity index (χ1) is 13.3. The van der Waals surface area contributed by atoms with Gasteiger partial charge in [-0.1, -0.05) is 30.3 Å². The Labute approximate surface area is 166 Å². The number of carbonyl (C=O) groups excluding carboxylic acids is 1. The first kappa shape index (κ1) is 20.4. The zero-order chi connectivity index (χ0) is 20.3. The Morgan fingerprint density at radius 2 is 1.82 bits per heavy atom. The van der Waals surface area contributed by atoms with E-state index in [0.717, 1.165) is 24.0 Å². The maximum absolute atomic E-state index is 13.3. The van der Waals surface area contributed by atoms with Crippen LogP contribution in [0, 0.1) is 0 Å². The minimum Gasteiger partial charge on any atom is -0.496 e. The lowest BCUT2D eigenvalue weighted by atomic mass is 10.0. The third-order valence-electron chi connectivity index (χ3n) is 5.09. The molecule has 1 heterocycles. The van der Waals surface area contributed by atoms with E-state index in [4.69, 9.17) is 4.74 Å². The lowest BCUT2D eigenvalue weighted by molar-refractivity contribution is -0.127. The normalized spacial score (nSPS) is 17.5. The number of likely N-dealkylation sites (N-methyl/N-ethyl adjacent to an activating group) is 1. The van der Waals surface area contributed by atoms with E-state index in [2.05, 4.69) is 0 Å². The van der Waals surface area contributed by atoms with Gasteiger partial charge in [-0.25, -0.2) is 8.42 Å². The average Bonchev–Trinajstić information content (AvgIpc) is 3.19. The van der Waals surface area contributed by atoms with Crippen LogP contribution in [-0.2, 0) is 21.2 Å². The second-order valence-corrected chi connectivity index (χ2v) is 9.02. The molecule has 0 spiro atoms. The second-order valence-electron chi connectivity index (χ2n) is 7.12. The van der Waals surface area contributed by atoms with E-state index in [1.807, 2.05) is 24.3 Å². The summed E-state index contributed by atoms with van der Waals surface area (Å²) in [7, 11) is 1.36. The third-order valence-corrected chi connectivity index (χ3v) is 7.01. The number of para-hydroxylation sites is 1. The molecule has 1 atom stereocenters. The summed E-state index contributed by atoms with van der Waals surface area (Å²) in [5.74, 6) is 0.679. The molecule has 3 rings (SSSR count). The van der Waals surface area contributed by atoms with Crippen molar-refractivity contribution >= 4 is 15.9 Å². The summed E-state index contributed by atoms with van der Waals surface area (Å²) in [5, 5.41) is 0. The summed E-state index contributed by atoms with van der Waals surface area (Å²) in [6.45, 7) is 0.478. The first-order valence-corrected chi connectivity index (χ1v) is 10.7. The van der Waals surface area contributed by atoms with Crippen LogP contribution < -0.4 is 4.74 Å². The van der Waals surface area contributed by atoms with E-state index >= 15 is 0 Å². The fraction of sp³-hybridized carbons (Fsp3) is 0.381. The molecule has 0 aromatic heterocycles. The van der Waals surface area contributed by atoms with Crippen LogP contribution in [0.2, 0.25) is 0 Å². The van der Waals surface area contributed by atoms with E-state index in [9.17, 15) is 13.2 Å². The number of sulfonamides is 1. The minimum absolute atomic E-state index is 0.0219. The quantitative estimate of drug-likeness (QED) is 0.745. The lowest BCUT2D eigenvalue weighted by Crippen LogP contribution is -2.31. The van der Waals surface area contributed by atoms with Crippen molar-refractivity contribution in [1.82, 2.24) is 9.21 Å². The van der Waals surface area contributed by atoms with Crippen molar-refractivity contribution in [2.24, 2.45) is 0 Å². The molecule has 0 radical (unpaired) electrons. The summed E-state index contributed by atoms with van der Waals surface area (Å²) in [5.41, 5.74) is 1.68. The van der Waals surface area contributed by atoms with Gasteiger partial charge in [0.1, 0.15) is 5.75 Å². The number of benzene rings is 2. The Morgan fingerprint density at radius 1 is 1.14 bits per heavy atom. The summed E-state index contributed by atoms with van der Waals surface area (Å²) < 4.78 is 33.5. The highest BCUT2D eigenvalue weighted by Gasteiger charge is 2.37. The van der Waals surface area contributed by atoms with Crippen LogP contribution in [0.25, 0.3) is 0 Å². The van der Waals surface area contributed by atoms with E-state index in [1.165, 1.54) is 4.90 Å². The molecule has 0 unspecified atom stereocenters. The van der Waals surface area contributed by atoms with Gasteiger partial charge in [0, 0.05) is 26.2 Å². The highest BCUT2D eigenvalue weighted by Crippen LogP contribution is 2.40. The number of nitrogens with zero attached hydrogens (tertiary/aromatic N) is 2. The molecule has 1 amide bonds. The van der Waals surface area contributed by atoms with Crippen LogP contribution in [-0.4, -0.2) is 51.3 Å². The number of methoxy groups -OCH3 is 1. The number of ether oxygens (including phenoxy) is 1. The summed E-state index contributed by atoms with van der Waals surface area (Å²) in [6, 6.07) is 13.9. The van der Waals surface area contributed by atoms with Crippen LogP contribution in [0.4, 0.5) is 0 Å². The van der Waals surface area contributed by atoms with Gasteiger partial charge in [0.2, 0.25) is 15.9 Å². The van der Waals surface area contributed by atoms with E-state index in [0.29, 0.717) is 12.3 Å². The summed E-state index contributed by atoms with van der Waals surface area (Å²) in [6.07, 6.45) is 1.81. The van der Waals surface area contributed by atoms with Crippen molar-refractivity contribution in [2.45, 2.75) is 30.2 Å². The highest BCUT2D eigenvalue weighted by molar-refractivity contribution is 7.89. The molecule has 150 valence electrons. The Hall–Kier alpha value is -2.38. The van der Waals surface area contributed by atoms with Crippen LogP contribution in [0.1, 0.15) is 30.0 Å². The molecule has 28 heavy (non-hydrogen) atoms. The molecule has 1 saturated heterocycles. The van der Waals surface area contributed by atoms with Crippen molar-refractivity contribution in [3.05, 3.63) is 59.7 Å². The van der Waals surface area contributed by atoms with Gasteiger partial charge in [-0.05, 0) is 36.6 Å². The average molecular weight is 403 g/mol. The van der Waals surface area contributed by atoms with E-state index in [1.54, 1.807) is 49.8 Å². The number of amides is 1. The smallest absolute Gasteiger partial charge is 0.243 e. The van der Waals surface area contributed by atoms with Gasteiger partial charge in [0.05, 0.1) is 24.5 Å². The molecular formula is C21H26N2O4S. The van der Waals surface area contributed by atoms with Crippen LogP contribution in [0.5, 0.6) is 5.75 Å². The van der Waals surface area contributed by atoms with Gasteiger partial charge in [0.15, 0.2) is 0 Å². The largest absolute Gasteiger partial charge is 0.496 e. The third kappa shape index (κ3) is 4.05. The van der Waals surface area contributed by atoms with E-state index in [-0.39, 0.29) is 23.3 Å². The molecule has 0 aliphatic carbocycles. The molecule has 7 heteroatoms. The van der Waals surface area contributed by atoms with Crippen molar-refractivity contribution in [3.8, 4) is 5.75 Å². The van der Waals surface area contributed by atoms with Crippen LogP contribution in [0.3, 0.4) is 0 Å². The maximum atomic E-state index is 13.3. The van der Waals surface area contributed by atoms with Gasteiger partial charge in [-0.15, -0.1) is 0 Å². The molecule has 0 saturated carbocycles. The Bertz CT molecular complexity index is 939. The molecular weight excluding hydrogens is 376 g/mol. The van der Waals surface area contributed by atoms with Crippen molar-refractivity contribution < 1.29 is 17.9 Å². The van der Waals surface area contributed by atoms with Gasteiger partial charge in [0.25, 0.3) is 0 Å². The molecule has 6 nitrogen and oxygen atoms in total. The van der Waals surface area contributed by atoms with Crippen LogP contribution >= 0.6 is 0 Å². The molecule has 1 aliphatic heterocycles. The van der Waals surface area contributed by atoms with Crippen molar-refractivity contribution in [2.75, 3.05) is 27.7 Å². The number of hydrogen-bond donors (Lipinski definition) is 0. The fourth-order valence-electron chi connectivity index (χ4n) is 3.53. The van der Waals surface area contributed by atoms with E-state index < -0.39 is 10.0 Å². The zero-order valence-corrected chi connectivity index (χ0v) is 17.3. The molecule has 2 aromatic rings. The van der Waals surface area contributed by atoms with Gasteiger partial charge >= 0.3 is 0 Å². The molecule has 1 aliphatic rings. The fourth-order valence-corrected chi connectivity index (χ4v) is 5.20. The topological polar surface area (TPSA) is 66.9 Å². The standard InChI is InChI=1S/C21H26N2O4S/c1-22(2)21(24)15-16-10-12-17(13-11-16)28(25,26)23-14-6-8-19(23)18-7-4-5-9-20(18)27-3/h4-5,7,9-13,19H,6,8,14-15H2,1-3H3/t19-/m0/s1. The zero-order valence-electron chi connectivity index (χ0n) is 16.5. The SMILES string of the molecule is COc1ccccc1[C@@H]1CCCN1S(=O)(=O)c1ccc(CC(=O)N(C)C)cc1. The minimum atomic E-state index is -3.64. The van der Waals surface area contributed by atoms with Crippen molar-refractivity contribution in [1.29, 1.82) is 0 Å². The Kier molecular flexibility index (Phi) is 6.05. The van der Waals surface area contributed by atoms with Gasteiger partial charge in [-0.2, -0.15) is 4.31 Å². The van der Waals surface area contributed by atoms with Gasteiger partial charge < -0.3 is 9.64 Å². The summed E-state index contributed by atoms with van der Waals surface area (Å²) >= 11 is 0. The molecule has 2 aromatic carbocycles. The lowest BCUT2D eigenvalue weighted by Gasteiger charge is -2.25.